The van der Waals surface area contributed by atoms with Crippen LogP contribution in [0.15, 0.2) is 60.8 Å². The Morgan fingerprint density at radius 2 is 0.248 bits per heavy atom. The first-order valence-corrected chi connectivity index (χ1v) is 43.1. The minimum absolute atomic E-state index is 0. The van der Waals surface area contributed by atoms with E-state index in [9.17, 15) is 49.5 Å². The number of hydrogen-bond acceptors (Lipinski definition) is 10. The van der Waals surface area contributed by atoms with E-state index in [0.717, 1.165) is 96.3 Å². The van der Waals surface area contributed by atoms with Crippen LogP contribution in [0.4, 0.5) is 0 Å². The molecule has 0 aromatic heterocycles. The Morgan fingerprint density at radius 1 is 0.158 bits per heavy atom. The average molecular weight is 1460 g/mol. The number of carboxylic acids is 5. The molecule has 595 valence electrons. The second-order valence-electron chi connectivity index (χ2n) is 28.5. The minimum atomic E-state index is -0.914. The van der Waals surface area contributed by atoms with Gasteiger partial charge in [-0.1, -0.05) is 352 Å². The van der Waals surface area contributed by atoms with Gasteiger partial charge in [-0.05, 0) is 193 Å². The fourth-order valence-corrected chi connectivity index (χ4v) is 11.7. The Labute approximate surface area is 639 Å². The summed E-state index contributed by atoms with van der Waals surface area (Å²) in [6.45, 7) is 11.3. The molecule has 0 saturated heterocycles. The molecule has 0 aromatic rings. The molecule has 0 aliphatic carbocycles. The molecule has 0 amide bonds. The fourth-order valence-electron chi connectivity index (χ4n) is 11.7. The first-order valence-electron chi connectivity index (χ1n) is 43.1. The van der Waals surface area contributed by atoms with E-state index in [1.54, 1.807) is 0 Å². The van der Waals surface area contributed by atoms with Gasteiger partial charge in [-0.3, -0.25) is 0 Å². The van der Waals surface area contributed by atoms with E-state index in [-0.39, 0.29) is 50.7 Å². The van der Waals surface area contributed by atoms with E-state index < -0.39 is 29.8 Å². The normalized spacial score (nSPS) is 11.1. The van der Waals surface area contributed by atoms with Gasteiger partial charge in [0, 0.05) is 48.4 Å². The van der Waals surface area contributed by atoms with Crippen LogP contribution in [0.2, 0.25) is 0 Å². The van der Waals surface area contributed by atoms with E-state index in [4.69, 9.17) is 0 Å². The smallest absolute Gasteiger partial charge is 0.0414 e. The predicted molar refractivity (Wildman–Crippen MR) is 422 cm³/mol. The van der Waals surface area contributed by atoms with Gasteiger partial charge < -0.3 is 49.5 Å². The molecular weight excluding hydrogens is 1290 g/mol. The van der Waals surface area contributed by atoms with Crippen LogP contribution in [0, 0.1) is 0 Å². The zero-order valence-electron chi connectivity index (χ0n) is 67.3. The number of hydrogen-bond donors (Lipinski definition) is 0. The van der Waals surface area contributed by atoms with Crippen molar-refractivity contribution >= 4 is 29.8 Å². The summed E-state index contributed by atoms with van der Waals surface area (Å²) >= 11 is 0. The Morgan fingerprint density at radius 3 is 0.347 bits per heavy atom. The third-order valence-corrected chi connectivity index (χ3v) is 18.2. The van der Waals surface area contributed by atoms with E-state index in [1.165, 1.54) is 321 Å². The van der Waals surface area contributed by atoms with Gasteiger partial charge in [-0.25, -0.2) is 0 Å². The Hall–Kier alpha value is -3.37. The van der Waals surface area contributed by atoms with Crippen LogP contribution < -0.4 is 25.5 Å². The van der Waals surface area contributed by atoms with Crippen LogP contribution >= 0.6 is 0 Å². The molecule has 0 heterocycles. The van der Waals surface area contributed by atoms with Crippen molar-refractivity contribution in [1.29, 1.82) is 0 Å². The molecule has 1 radical (unpaired) electrons. The zero-order chi connectivity index (χ0) is 74.5. The maximum atomic E-state index is 10.2. The van der Waals surface area contributed by atoms with Crippen LogP contribution in [0.1, 0.15) is 484 Å². The first kappa shape index (κ1) is 109. The van der Waals surface area contributed by atoms with Gasteiger partial charge in [-0.2, -0.15) is 0 Å². The number of carboxylic acid groups (broad SMARTS) is 5. The van der Waals surface area contributed by atoms with E-state index in [1.807, 2.05) is 0 Å². The van der Waals surface area contributed by atoms with Crippen molar-refractivity contribution in [2.45, 2.75) is 484 Å². The molecular formula is C90H165O10V-5. The van der Waals surface area contributed by atoms with Gasteiger partial charge in [0.2, 0.25) is 0 Å². The number of rotatable bonds is 75. The van der Waals surface area contributed by atoms with Crippen molar-refractivity contribution < 1.29 is 68.1 Å². The van der Waals surface area contributed by atoms with Gasteiger partial charge >= 0.3 is 0 Å². The monoisotopic (exact) mass is 1460 g/mol. The largest absolute Gasteiger partial charge is 0.550 e. The molecule has 0 saturated carbocycles. The number of unbranched alkanes of at least 4 members (excludes halogenated alkanes) is 55. The summed E-state index contributed by atoms with van der Waals surface area (Å²) in [6, 6.07) is 0. The summed E-state index contributed by atoms with van der Waals surface area (Å²) in [4.78, 5) is 51.1. The number of carbonyl (C=O) groups excluding carboxylic acids is 5. The van der Waals surface area contributed by atoms with Crippen molar-refractivity contribution in [3.05, 3.63) is 60.8 Å². The second-order valence-corrected chi connectivity index (χ2v) is 28.5. The molecule has 0 aliphatic rings. The van der Waals surface area contributed by atoms with Crippen molar-refractivity contribution in [3.8, 4) is 0 Å². The summed E-state index contributed by atoms with van der Waals surface area (Å²) in [7, 11) is 0. The summed E-state index contributed by atoms with van der Waals surface area (Å²) < 4.78 is 0. The summed E-state index contributed by atoms with van der Waals surface area (Å²) in [6.07, 6.45) is 104. The maximum absolute atomic E-state index is 10.2. The van der Waals surface area contributed by atoms with E-state index >= 15 is 0 Å². The molecule has 0 aromatic carbocycles. The van der Waals surface area contributed by atoms with E-state index in [2.05, 4.69) is 95.4 Å². The molecule has 0 unspecified atom stereocenters. The molecule has 0 atom stereocenters. The van der Waals surface area contributed by atoms with Crippen molar-refractivity contribution in [1.82, 2.24) is 0 Å². The Kier molecular flexibility index (Phi) is 113. The zero-order valence-corrected chi connectivity index (χ0v) is 68.7. The van der Waals surface area contributed by atoms with Gasteiger partial charge in [0.1, 0.15) is 0 Å². The summed E-state index contributed by atoms with van der Waals surface area (Å²) in [5.74, 6) is -4.57. The molecule has 0 spiro atoms. The molecule has 0 rings (SSSR count). The fraction of sp³-hybridized carbons (Fsp3) is 0.833. The number of aliphatic carboxylic acids is 5. The predicted octanol–water partition coefficient (Wildman–Crippen LogP) is 23.9. The Balaban J connectivity index is -0.000000279. The van der Waals surface area contributed by atoms with Gasteiger partial charge in [-0.15, -0.1) is 0 Å². The van der Waals surface area contributed by atoms with Gasteiger partial charge in [0.15, 0.2) is 0 Å². The topological polar surface area (TPSA) is 201 Å². The molecule has 0 aliphatic heterocycles. The molecule has 11 heteroatoms. The van der Waals surface area contributed by atoms with Gasteiger partial charge in [0.05, 0.1) is 0 Å². The van der Waals surface area contributed by atoms with E-state index in [0.29, 0.717) is 0 Å². The molecule has 10 nitrogen and oxygen atoms in total. The van der Waals surface area contributed by atoms with Crippen LogP contribution in [-0.4, -0.2) is 29.8 Å². The summed E-state index contributed by atoms with van der Waals surface area (Å²) in [5, 5.41) is 51.1. The quantitative estimate of drug-likeness (QED) is 0.0417. The van der Waals surface area contributed by atoms with Crippen LogP contribution in [-0.2, 0) is 42.5 Å². The Bertz CT molecular complexity index is 1470. The first-order chi connectivity index (χ1) is 48.9. The van der Waals surface area contributed by atoms with Crippen LogP contribution in [0.25, 0.3) is 0 Å². The molecule has 0 N–H and O–H groups in total. The number of carbonyl (C=O) groups is 5. The minimum Gasteiger partial charge on any atom is -0.550 e. The SMILES string of the molecule is CCCCCCCC/C=C\CCCCCCCC(=O)[O-].CCCCCCCC/C=C\CCCCCCCC(=O)[O-].CCCCCCCC/C=C\CCCCCCCC(=O)[O-].CCCCCCCC/C=C\CCCCCCCC(=O)[O-].CCCCCCCC/C=C\CCCCCCCC(=O)[O-].[V]. The standard InChI is InChI=1S/5C18H34O2.V/c5*1-2-3-4-5-6-7-8-9-10-11-12-13-14-15-16-17-18(19)20;/h5*9-10H,2-8,11-17H2,1H3,(H,19,20);/p-5/b5*10-9-;. The second kappa shape index (κ2) is 105. The molecule has 101 heavy (non-hydrogen) atoms. The summed E-state index contributed by atoms with van der Waals surface area (Å²) in [5.41, 5.74) is 0. The third kappa shape index (κ3) is 130. The maximum Gasteiger partial charge on any atom is 0.0414 e. The van der Waals surface area contributed by atoms with Crippen LogP contribution in [0.5, 0.6) is 0 Å². The molecule has 0 bridgehead atoms. The molecule has 0 fully saturated rings. The van der Waals surface area contributed by atoms with Crippen molar-refractivity contribution in [2.24, 2.45) is 0 Å². The van der Waals surface area contributed by atoms with Gasteiger partial charge in [0.25, 0.3) is 0 Å². The third-order valence-electron chi connectivity index (χ3n) is 18.2. The van der Waals surface area contributed by atoms with Crippen LogP contribution in [0.3, 0.4) is 0 Å². The van der Waals surface area contributed by atoms with Crippen molar-refractivity contribution in [2.75, 3.05) is 0 Å². The van der Waals surface area contributed by atoms with Crippen molar-refractivity contribution in [3.63, 3.8) is 0 Å². The number of allylic oxidation sites excluding steroid dienone is 10. The average Bonchev–Trinajstić information content (AvgIpc) is 3.67.